The van der Waals surface area contributed by atoms with E-state index in [2.05, 4.69) is 32.7 Å². The summed E-state index contributed by atoms with van der Waals surface area (Å²) in [4.78, 5) is 12.1. The van der Waals surface area contributed by atoms with Crippen molar-refractivity contribution in [3.05, 3.63) is 36.3 Å². The van der Waals surface area contributed by atoms with E-state index in [0.29, 0.717) is 5.41 Å². The summed E-state index contributed by atoms with van der Waals surface area (Å²) in [6.45, 7) is 6.21. The number of pyridine rings is 1. The first kappa shape index (κ1) is 19.5. The third-order valence-electron chi connectivity index (χ3n) is 5.78. The number of hydrogen-bond acceptors (Lipinski definition) is 2. The number of guanidine groups is 1. The van der Waals surface area contributed by atoms with Gasteiger partial charge in [-0.15, -0.1) is 24.0 Å². The van der Waals surface area contributed by atoms with E-state index < -0.39 is 0 Å². The zero-order chi connectivity index (χ0) is 17.1. The van der Waals surface area contributed by atoms with E-state index in [1.165, 1.54) is 38.6 Å². The van der Waals surface area contributed by atoms with E-state index >= 15 is 0 Å². The molecule has 142 valence electrons. The number of aliphatic imine (C=N–C) groups is 1. The number of nitrogens with zero attached hydrogens (tertiary/aromatic N) is 4. The van der Waals surface area contributed by atoms with Crippen LogP contribution < -0.4 is 5.32 Å². The third-order valence-corrected chi connectivity index (χ3v) is 5.78. The first-order valence-corrected chi connectivity index (χ1v) is 9.74. The SMILES string of the molecule is CCNC(=NCCc1cn2ccccc2n1)N1CCC2(CCCC2)C1.I. The van der Waals surface area contributed by atoms with Gasteiger partial charge < -0.3 is 14.6 Å². The first-order valence-electron chi connectivity index (χ1n) is 9.74. The van der Waals surface area contributed by atoms with Crippen LogP contribution in [0, 0.1) is 5.41 Å². The Hall–Kier alpha value is -1.31. The van der Waals surface area contributed by atoms with Crippen molar-refractivity contribution >= 4 is 35.6 Å². The van der Waals surface area contributed by atoms with Crippen molar-refractivity contribution in [2.24, 2.45) is 10.4 Å². The van der Waals surface area contributed by atoms with Crippen LogP contribution in [-0.2, 0) is 6.42 Å². The van der Waals surface area contributed by atoms with E-state index in [4.69, 9.17) is 4.99 Å². The summed E-state index contributed by atoms with van der Waals surface area (Å²) in [5.74, 6) is 1.09. The summed E-state index contributed by atoms with van der Waals surface area (Å²) < 4.78 is 2.08. The molecule has 0 aromatic carbocycles. The molecule has 2 aliphatic rings. The molecule has 26 heavy (non-hydrogen) atoms. The van der Waals surface area contributed by atoms with Gasteiger partial charge in [0.05, 0.1) is 5.69 Å². The predicted molar refractivity (Wildman–Crippen MR) is 117 cm³/mol. The van der Waals surface area contributed by atoms with Crippen LogP contribution in [0.15, 0.2) is 35.6 Å². The van der Waals surface area contributed by atoms with E-state index in [9.17, 15) is 0 Å². The van der Waals surface area contributed by atoms with Crippen LogP contribution >= 0.6 is 24.0 Å². The minimum atomic E-state index is 0. The highest BCUT2D eigenvalue weighted by molar-refractivity contribution is 14.0. The summed E-state index contributed by atoms with van der Waals surface area (Å²) >= 11 is 0. The lowest BCUT2D eigenvalue weighted by Gasteiger charge is -2.25. The molecule has 1 saturated carbocycles. The third kappa shape index (κ3) is 4.15. The molecule has 0 amide bonds. The predicted octanol–water partition coefficient (Wildman–Crippen LogP) is 3.73. The number of nitrogens with one attached hydrogen (secondary N) is 1. The number of halogens is 1. The van der Waals surface area contributed by atoms with Gasteiger partial charge in [0, 0.05) is 45.0 Å². The quantitative estimate of drug-likeness (QED) is 0.424. The molecule has 1 aliphatic carbocycles. The van der Waals surface area contributed by atoms with Crippen molar-refractivity contribution in [1.82, 2.24) is 19.6 Å². The van der Waals surface area contributed by atoms with Gasteiger partial charge in [0.25, 0.3) is 0 Å². The second kappa shape index (κ2) is 8.59. The molecule has 0 atom stereocenters. The van der Waals surface area contributed by atoms with E-state index in [-0.39, 0.29) is 24.0 Å². The van der Waals surface area contributed by atoms with Crippen LogP contribution in [0.1, 0.15) is 44.7 Å². The number of rotatable bonds is 4. The van der Waals surface area contributed by atoms with Gasteiger partial charge in [0.15, 0.2) is 5.96 Å². The van der Waals surface area contributed by atoms with Gasteiger partial charge in [0.2, 0.25) is 0 Å². The van der Waals surface area contributed by atoms with Gasteiger partial charge in [-0.3, -0.25) is 4.99 Å². The van der Waals surface area contributed by atoms with Crippen LogP contribution in [0.25, 0.3) is 5.65 Å². The Morgan fingerprint density at radius 1 is 1.27 bits per heavy atom. The fraction of sp³-hybridized carbons (Fsp3) is 0.600. The molecule has 1 N–H and O–H groups in total. The van der Waals surface area contributed by atoms with E-state index in [1.54, 1.807) is 0 Å². The van der Waals surface area contributed by atoms with Crippen molar-refractivity contribution < 1.29 is 0 Å². The maximum atomic E-state index is 4.90. The van der Waals surface area contributed by atoms with Gasteiger partial charge in [-0.05, 0) is 43.7 Å². The van der Waals surface area contributed by atoms with E-state index in [0.717, 1.165) is 43.4 Å². The van der Waals surface area contributed by atoms with Crippen LogP contribution in [0.3, 0.4) is 0 Å². The molecule has 2 aromatic rings. The standard InChI is InChI=1S/C20H29N5.HI/c1-2-21-19(25-14-11-20(16-25)9-4-5-10-20)22-12-8-17-15-24-13-6-3-7-18(24)23-17;/h3,6-7,13,15H,2,4-5,8-12,14,16H2,1H3,(H,21,22);1H. The molecule has 5 nitrogen and oxygen atoms in total. The van der Waals surface area contributed by atoms with Gasteiger partial charge in [-0.2, -0.15) is 0 Å². The molecular weight excluding hydrogens is 437 g/mol. The number of imidazole rings is 1. The molecule has 0 bridgehead atoms. The number of fused-ring (bicyclic) bond motifs is 1. The van der Waals surface area contributed by atoms with Gasteiger partial charge in [-0.1, -0.05) is 18.9 Å². The van der Waals surface area contributed by atoms with Crippen molar-refractivity contribution in [3.8, 4) is 0 Å². The van der Waals surface area contributed by atoms with Gasteiger partial charge >= 0.3 is 0 Å². The van der Waals surface area contributed by atoms with Crippen molar-refractivity contribution in [2.75, 3.05) is 26.2 Å². The highest BCUT2D eigenvalue weighted by Crippen LogP contribution is 2.45. The smallest absolute Gasteiger partial charge is 0.193 e. The Labute approximate surface area is 173 Å². The molecule has 0 radical (unpaired) electrons. The Balaban J connectivity index is 0.00000196. The maximum absolute atomic E-state index is 4.90. The number of hydrogen-bond donors (Lipinski definition) is 1. The summed E-state index contributed by atoms with van der Waals surface area (Å²) in [7, 11) is 0. The number of likely N-dealkylation sites (tertiary alicyclic amines) is 1. The van der Waals surface area contributed by atoms with E-state index in [1.807, 2.05) is 24.4 Å². The molecule has 4 rings (SSSR count). The van der Waals surface area contributed by atoms with Gasteiger partial charge in [-0.25, -0.2) is 4.98 Å². The molecule has 3 heterocycles. The lowest BCUT2D eigenvalue weighted by atomic mass is 9.86. The maximum Gasteiger partial charge on any atom is 0.193 e. The normalized spacial score (nSPS) is 19.3. The summed E-state index contributed by atoms with van der Waals surface area (Å²) in [6.07, 6.45) is 12.0. The lowest BCUT2D eigenvalue weighted by Crippen LogP contribution is -2.41. The monoisotopic (exact) mass is 467 g/mol. The topological polar surface area (TPSA) is 44.9 Å². The Bertz CT molecular complexity index is 714. The first-order chi connectivity index (χ1) is 12.3. The average Bonchev–Trinajstić information content (AvgIpc) is 3.35. The molecule has 1 spiro atoms. The van der Waals surface area contributed by atoms with Crippen molar-refractivity contribution in [1.29, 1.82) is 0 Å². The summed E-state index contributed by atoms with van der Waals surface area (Å²) in [5.41, 5.74) is 2.70. The molecule has 1 aliphatic heterocycles. The van der Waals surface area contributed by atoms with Crippen molar-refractivity contribution in [2.45, 2.75) is 45.4 Å². The van der Waals surface area contributed by atoms with Crippen LogP contribution in [0.4, 0.5) is 0 Å². The highest BCUT2D eigenvalue weighted by Gasteiger charge is 2.41. The van der Waals surface area contributed by atoms with Crippen LogP contribution in [0.5, 0.6) is 0 Å². The minimum absolute atomic E-state index is 0. The Kier molecular flexibility index (Phi) is 6.42. The molecule has 1 saturated heterocycles. The molecular formula is C20H30IN5. The molecule has 2 aromatic heterocycles. The highest BCUT2D eigenvalue weighted by atomic mass is 127. The second-order valence-corrected chi connectivity index (χ2v) is 7.56. The Morgan fingerprint density at radius 3 is 2.88 bits per heavy atom. The fourth-order valence-electron chi connectivity index (χ4n) is 4.46. The minimum Gasteiger partial charge on any atom is -0.357 e. The average molecular weight is 467 g/mol. The zero-order valence-corrected chi connectivity index (χ0v) is 18.0. The molecule has 2 fully saturated rings. The molecule has 6 heteroatoms. The van der Waals surface area contributed by atoms with Crippen molar-refractivity contribution in [3.63, 3.8) is 0 Å². The van der Waals surface area contributed by atoms with Crippen LogP contribution in [0.2, 0.25) is 0 Å². The summed E-state index contributed by atoms with van der Waals surface area (Å²) in [5, 5.41) is 3.49. The molecule has 0 unspecified atom stereocenters. The second-order valence-electron chi connectivity index (χ2n) is 7.56. The summed E-state index contributed by atoms with van der Waals surface area (Å²) in [6, 6.07) is 6.11. The lowest BCUT2D eigenvalue weighted by molar-refractivity contribution is 0.309. The largest absolute Gasteiger partial charge is 0.357 e. The van der Waals surface area contributed by atoms with Crippen LogP contribution in [-0.4, -0.2) is 46.4 Å². The number of aromatic nitrogens is 2. The van der Waals surface area contributed by atoms with Gasteiger partial charge in [0.1, 0.15) is 5.65 Å². The zero-order valence-electron chi connectivity index (χ0n) is 15.7. The Morgan fingerprint density at radius 2 is 2.12 bits per heavy atom. The fourth-order valence-corrected chi connectivity index (χ4v) is 4.46.